The van der Waals surface area contributed by atoms with Crippen molar-refractivity contribution in [2.24, 2.45) is 0 Å². The second kappa shape index (κ2) is 5.93. The van der Waals surface area contributed by atoms with Crippen LogP contribution >= 0.6 is 0 Å². The summed E-state index contributed by atoms with van der Waals surface area (Å²) in [6, 6.07) is 12.7. The highest BCUT2D eigenvalue weighted by molar-refractivity contribution is 5.99. The number of para-hydroxylation sites is 1. The van der Waals surface area contributed by atoms with E-state index in [4.69, 9.17) is 4.74 Å². The van der Waals surface area contributed by atoms with Gasteiger partial charge < -0.3 is 14.8 Å². The molecule has 0 radical (unpaired) electrons. The Morgan fingerprint density at radius 3 is 2.82 bits per heavy atom. The number of aryl methyl sites for hydroxylation is 1. The van der Waals surface area contributed by atoms with Gasteiger partial charge >= 0.3 is 0 Å². The van der Waals surface area contributed by atoms with Crippen LogP contribution in [-0.4, -0.2) is 23.0 Å². The van der Waals surface area contributed by atoms with E-state index in [9.17, 15) is 9.90 Å². The van der Waals surface area contributed by atoms with Gasteiger partial charge in [0.25, 0.3) is 0 Å². The highest BCUT2D eigenvalue weighted by atomic mass is 16.5. The summed E-state index contributed by atoms with van der Waals surface area (Å²) in [5.41, 5.74) is 2.51. The number of ether oxygens (including phenoxy) is 1. The number of carbonyl (C=O) groups is 1. The van der Waals surface area contributed by atoms with Gasteiger partial charge in [0.05, 0.1) is 12.7 Å². The number of Topliss-reactive ketones (excluding diaryl/α,β-unsaturated/α-hetero) is 1. The molecular weight excluding hydrogens is 278 g/mol. The zero-order valence-corrected chi connectivity index (χ0v) is 12.3. The summed E-state index contributed by atoms with van der Waals surface area (Å²) in [6.45, 7) is 0. The molecule has 0 bridgehead atoms. The third kappa shape index (κ3) is 2.68. The van der Waals surface area contributed by atoms with Gasteiger partial charge in [-0.15, -0.1) is 0 Å². The lowest BCUT2D eigenvalue weighted by molar-refractivity contribution is 0.0980. The number of H-pyrrole nitrogens is 1. The van der Waals surface area contributed by atoms with Crippen LogP contribution in [0.25, 0.3) is 10.9 Å². The Hall–Kier alpha value is -2.75. The van der Waals surface area contributed by atoms with Gasteiger partial charge in [-0.25, -0.2) is 0 Å². The van der Waals surface area contributed by atoms with E-state index in [0.29, 0.717) is 24.2 Å². The van der Waals surface area contributed by atoms with Crippen molar-refractivity contribution in [3.63, 3.8) is 0 Å². The molecule has 2 aromatic carbocycles. The Balaban J connectivity index is 1.75. The Morgan fingerprint density at radius 1 is 1.23 bits per heavy atom. The Kier molecular flexibility index (Phi) is 3.83. The largest absolute Gasteiger partial charge is 0.507 e. The number of carbonyl (C=O) groups excluding carboxylic acids is 1. The number of aromatic nitrogens is 1. The fourth-order valence-electron chi connectivity index (χ4n) is 2.60. The van der Waals surface area contributed by atoms with Crippen LogP contribution in [0.1, 0.15) is 22.3 Å². The molecular formula is C18H17NO3. The molecule has 4 nitrogen and oxygen atoms in total. The SMILES string of the molecule is COc1ccc(C(=O)CCc2c[nH]c3ccccc23)c(O)c1. The van der Waals surface area contributed by atoms with Crippen LogP contribution in [0, 0.1) is 0 Å². The monoisotopic (exact) mass is 295 g/mol. The first kappa shape index (κ1) is 14.2. The fraction of sp³-hybridized carbons (Fsp3) is 0.167. The minimum atomic E-state index is -0.0783. The zero-order valence-electron chi connectivity index (χ0n) is 12.3. The third-order valence-electron chi connectivity index (χ3n) is 3.80. The first-order chi connectivity index (χ1) is 10.7. The summed E-state index contributed by atoms with van der Waals surface area (Å²) < 4.78 is 5.02. The van der Waals surface area contributed by atoms with E-state index in [1.54, 1.807) is 12.1 Å². The second-order valence-electron chi connectivity index (χ2n) is 5.17. The summed E-state index contributed by atoms with van der Waals surface area (Å²) in [7, 11) is 1.52. The van der Waals surface area contributed by atoms with E-state index in [0.717, 1.165) is 16.5 Å². The van der Waals surface area contributed by atoms with Crippen molar-refractivity contribution in [3.05, 3.63) is 59.8 Å². The van der Waals surface area contributed by atoms with Gasteiger partial charge in [-0.05, 0) is 30.2 Å². The molecule has 0 saturated carbocycles. The van der Waals surface area contributed by atoms with Crippen LogP contribution in [0.3, 0.4) is 0 Å². The standard InChI is InChI=1S/C18H17NO3/c1-22-13-7-8-15(18(21)10-13)17(20)9-6-12-11-19-16-5-3-2-4-14(12)16/h2-5,7-8,10-11,19,21H,6,9H2,1H3. The number of hydrogen-bond acceptors (Lipinski definition) is 3. The minimum absolute atomic E-state index is 0.0386. The molecule has 112 valence electrons. The van der Waals surface area contributed by atoms with Crippen LogP contribution in [0.2, 0.25) is 0 Å². The average Bonchev–Trinajstić information content (AvgIpc) is 2.95. The maximum atomic E-state index is 12.3. The summed E-state index contributed by atoms with van der Waals surface area (Å²) in [6.07, 6.45) is 2.92. The van der Waals surface area contributed by atoms with Gasteiger partial charge in [0.15, 0.2) is 5.78 Å². The molecule has 0 aliphatic rings. The average molecular weight is 295 g/mol. The van der Waals surface area contributed by atoms with Crippen molar-refractivity contribution >= 4 is 16.7 Å². The highest BCUT2D eigenvalue weighted by Gasteiger charge is 2.13. The maximum absolute atomic E-state index is 12.3. The molecule has 3 rings (SSSR count). The van der Waals surface area contributed by atoms with Crippen molar-refractivity contribution in [2.75, 3.05) is 7.11 Å². The van der Waals surface area contributed by atoms with Gasteiger partial charge in [0.1, 0.15) is 11.5 Å². The van der Waals surface area contributed by atoms with Crippen LogP contribution in [0.5, 0.6) is 11.5 Å². The van der Waals surface area contributed by atoms with Gasteiger partial charge in [0.2, 0.25) is 0 Å². The number of aromatic hydroxyl groups is 1. The van der Waals surface area contributed by atoms with Crippen LogP contribution in [-0.2, 0) is 6.42 Å². The van der Waals surface area contributed by atoms with E-state index >= 15 is 0 Å². The molecule has 3 aromatic rings. The highest BCUT2D eigenvalue weighted by Crippen LogP contribution is 2.26. The van der Waals surface area contributed by atoms with Crippen LogP contribution in [0.15, 0.2) is 48.7 Å². The molecule has 0 fully saturated rings. The summed E-state index contributed by atoms with van der Waals surface area (Å²) in [4.78, 5) is 15.5. The molecule has 22 heavy (non-hydrogen) atoms. The molecule has 0 amide bonds. The van der Waals surface area contributed by atoms with Crippen LogP contribution < -0.4 is 4.74 Å². The topological polar surface area (TPSA) is 62.3 Å². The number of nitrogens with one attached hydrogen (secondary N) is 1. The number of hydrogen-bond donors (Lipinski definition) is 2. The van der Waals surface area contributed by atoms with E-state index < -0.39 is 0 Å². The Morgan fingerprint density at radius 2 is 2.05 bits per heavy atom. The molecule has 0 spiro atoms. The van der Waals surface area contributed by atoms with Crippen molar-refractivity contribution in [2.45, 2.75) is 12.8 Å². The summed E-state index contributed by atoms with van der Waals surface area (Å²) >= 11 is 0. The van der Waals surface area contributed by atoms with E-state index in [1.165, 1.54) is 13.2 Å². The lowest BCUT2D eigenvalue weighted by atomic mass is 10.0. The maximum Gasteiger partial charge on any atom is 0.166 e. The lowest BCUT2D eigenvalue weighted by Crippen LogP contribution is -2.01. The first-order valence-corrected chi connectivity index (χ1v) is 7.14. The Bertz CT molecular complexity index is 820. The number of methoxy groups -OCH3 is 1. The van der Waals surface area contributed by atoms with E-state index in [2.05, 4.69) is 4.98 Å². The number of fused-ring (bicyclic) bond motifs is 1. The first-order valence-electron chi connectivity index (χ1n) is 7.14. The van der Waals surface area contributed by atoms with Crippen molar-refractivity contribution < 1.29 is 14.6 Å². The number of ketones is 1. The molecule has 1 heterocycles. The predicted octanol–water partition coefficient (Wildman–Crippen LogP) is 3.70. The van der Waals surface area contributed by atoms with Gasteiger partial charge in [0, 0.05) is 29.6 Å². The van der Waals surface area contributed by atoms with Crippen LogP contribution in [0.4, 0.5) is 0 Å². The molecule has 2 N–H and O–H groups in total. The quantitative estimate of drug-likeness (QED) is 0.705. The number of phenols is 1. The van der Waals surface area contributed by atoms with Gasteiger partial charge in [-0.1, -0.05) is 18.2 Å². The third-order valence-corrected chi connectivity index (χ3v) is 3.80. The van der Waals surface area contributed by atoms with E-state index in [-0.39, 0.29) is 11.5 Å². The zero-order chi connectivity index (χ0) is 15.5. The molecule has 1 aromatic heterocycles. The van der Waals surface area contributed by atoms with E-state index in [1.807, 2.05) is 30.5 Å². The van der Waals surface area contributed by atoms with Crippen molar-refractivity contribution in [1.82, 2.24) is 4.98 Å². The number of phenolic OH excluding ortho intramolecular Hbond substituents is 1. The summed E-state index contributed by atoms with van der Waals surface area (Å²) in [5, 5.41) is 11.0. The molecule has 0 aliphatic carbocycles. The lowest BCUT2D eigenvalue weighted by Gasteiger charge is -2.06. The fourth-order valence-corrected chi connectivity index (χ4v) is 2.60. The Labute approximate surface area is 128 Å². The molecule has 4 heteroatoms. The molecule has 0 aliphatic heterocycles. The predicted molar refractivity (Wildman–Crippen MR) is 85.6 cm³/mol. The molecule has 0 atom stereocenters. The smallest absolute Gasteiger partial charge is 0.166 e. The normalized spacial score (nSPS) is 10.8. The van der Waals surface area contributed by atoms with Gasteiger partial charge in [-0.2, -0.15) is 0 Å². The number of aromatic amines is 1. The summed E-state index contributed by atoms with van der Waals surface area (Å²) in [5.74, 6) is 0.416. The number of rotatable bonds is 5. The van der Waals surface area contributed by atoms with Crippen molar-refractivity contribution in [3.8, 4) is 11.5 Å². The van der Waals surface area contributed by atoms with Gasteiger partial charge in [-0.3, -0.25) is 4.79 Å². The van der Waals surface area contributed by atoms with Crippen molar-refractivity contribution in [1.29, 1.82) is 0 Å². The number of benzene rings is 2. The molecule has 0 unspecified atom stereocenters. The molecule has 0 saturated heterocycles. The second-order valence-corrected chi connectivity index (χ2v) is 5.17. The minimum Gasteiger partial charge on any atom is -0.507 e.